The Bertz CT molecular complexity index is 3160. The third-order valence-electron chi connectivity index (χ3n) is 15.0. The Labute approximate surface area is 513 Å². The van der Waals surface area contributed by atoms with Crippen LogP contribution in [0, 0.1) is 11.8 Å². The van der Waals surface area contributed by atoms with Crippen LogP contribution in [0.4, 0.5) is 0 Å². The fourth-order valence-electron chi connectivity index (χ4n) is 10.5. The first kappa shape index (κ1) is 68.5. The van der Waals surface area contributed by atoms with E-state index in [1.54, 1.807) is 58.2 Å². The summed E-state index contributed by atoms with van der Waals surface area (Å²) in [5.41, 5.74) is 18.5. The van der Waals surface area contributed by atoms with Crippen molar-refractivity contribution in [2.75, 3.05) is 26.2 Å². The number of nitrogens with two attached hydrogens (primary N) is 3. The molecule has 19 N–H and O–H groups in total. The van der Waals surface area contributed by atoms with Gasteiger partial charge in [0.25, 0.3) is 0 Å². The zero-order chi connectivity index (χ0) is 64.9. The maximum Gasteiger partial charge on any atom is 0.245 e. The number of amides is 11. The van der Waals surface area contributed by atoms with Crippen LogP contribution in [-0.4, -0.2) is 182 Å². The summed E-state index contributed by atoms with van der Waals surface area (Å²) in [5.74, 6) is -9.03. The third-order valence-corrected chi connectivity index (χ3v) is 15.0. The summed E-state index contributed by atoms with van der Waals surface area (Å²) in [6, 6.07) is 1.01. The molecule has 6 rings (SSSR count). The summed E-state index contributed by atoms with van der Waals surface area (Å²) in [6.45, 7) is 5.96. The van der Waals surface area contributed by atoms with Gasteiger partial charge in [0.2, 0.25) is 65.0 Å². The van der Waals surface area contributed by atoms with Crippen molar-refractivity contribution in [2.24, 2.45) is 34.0 Å². The highest BCUT2D eigenvalue weighted by molar-refractivity contribution is 6.00. The lowest BCUT2D eigenvalue weighted by Crippen LogP contribution is -2.61. The molecule has 2 aromatic heterocycles. The average Bonchev–Trinajstić information content (AvgIpc) is 3.34. The van der Waals surface area contributed by atoms with Gasteiger partial charge < -0.3 is 90.1 Å². The lowest BCUT2D eigenvalue weighted by molar-refractivity contribution is -0.142. The second-order valence-corrected chi connectivity index (χ2v) is 23.1. The molecule has 30 heteroatoms. The number of phenols is 1. The average molecular weight is 1240 g/mol. The van der Waals surface area contributed by atoms with E-state index in [4.69, 9.17) is 17.2 Å². The second kappa shape index (κ2) is 32.9. The Kier molecular flexibility index (Phi) is 25.4. The molecule has 482 valence electrons. The Balaban J connectivity index is 1.22. The summed E-state index contributed by atoms with van der Waals surface area (Å²) < 4.78 is 0. The van der Waals surface area contributed by atoms with E-state index in [0.29, 0.717) is 34.1 Å². The number of para-hydroxylation sites is 1. The molecule has 0 saturated carbocycles. The number of imidazole rings is 1. The largest absolute Gasteiger partial charge is 0.508 e. The van der Waals surface area contributed by atoms with Gasteiger partial charge in [-0.1, -0.05) is 58.0 Å². The molecule has 11 amide bonds. The van der Waals surface area contributed by atoms with Gasteiger partial charge in [-0.15, -0.1) is 0 Å². The smallest absolute Gasteiger partial charge is 0.245 e. The van der Waals surface area contributed by atoms with Crippen molar-refractivity contribution in [3.63, 3.8) is 0 Å². The van der Waals surface area contributed by atoms with Crippen molar-refractivity contribution in [3.05, 3.63) is 84.1 Å². The molecular formula is C59H83N17O13. The fourth-order valence-corrected chi connectivity index (χ4v) is 10.5. The number of hydrogen-bond donors (Lipinski definition) is 16. The van der Waals surface area contributed by atoms with Crippen LogP contribution in [0.25, 0.3) is 10.9 Å². The minimum atomic E-state index is -1.77. The van der Waals surface area contributed by atoms with E-state index < -0.39 is 127 Å². The quantitative estimate of drug-likeness (QED) is 0.0129. The van der Waals surface area contributed by atoms with Crippen LogP contribution >= 0.6 is 0 Å². The zero-order valence-corrected chi connectivity index (χ0v) is 50.3. The van der Waals surface area contributed by atoms with Crippen LogP contribution in [0.3, 0.4) is 0 Å². The van der Waals surface area contributed by atoms with Crippen molar-refractivity contribution in [3.8, 4) is 5.75 Å². The number of likely N-dealkylation sites (tertiary alicyclic amines) is 1. The third kappa shape index (κ3) is 20.8. The number of primary amides is 1. The highest BCUT2D eigenvalue weighted by Crippen LogP contribution is 2.22. The Morgan fingerprint density at radius 2 is 1.26 bits per heavy atom. The number of hydrogen-bond acceptors (Lipinski definition) is 15. The number of aliphatic hydroxyl groups excluding tert-OH is 1. The van der Waals surface area contributed by atoms with Crippen LogP contribution in [-0.2, 0) is 72.0 Å². The van der Waals surface area contributed by atoms with Gasteiger partial charge in [0.1, 0.15) is 60.1 Å². The Hall–Kier alpha value is -9.61. The summed E-state index contributed by atoms with van der Waals surface area (Å²) in [7, 11) is 0. The van der Waals surface area contributed by atoms with Gasteiger partial charge >= 0.3 is 0 Å². The first-order chi connectivity index (χ1) is 42.4. The molecule has 0 unspecified atom stereocenters. The Morgan fingerprint density at radius 1 is 0.685 bits per heavy atom. The molecule has 30 nitrogen and oxygen atoms in total. The van der Waals surface area contributed by atoms with Crippen LogP contribution in [0.2, 0.25) is 0 Å². The summed E-state index contributed by atoms with van der Waals surface area (Å²) in [4.78, 5) is 167. The van der Waals surface area contributed by atoms with Crippen molar-refractivity contribution < 1.29 is 63.0 Å². The number of phenolic OH excluding ortho intramolecular Hbond substituents is 1. The lowest BCUT2D eigenvalue weighted by Gasteiger charge is -2.31. The van der Waals surface area contributed by atoms with Crippen molar-refractivity contribution in [1.82, 2.24) is 67.7 Å². The summed E-state index contributed by atoms with van der Waals surface area (Å²) in [6.07, 6.45) is 5.24. The number of benzene rings is 2. The van der Waals surface area contributed by atoms with Crippen molar-refractivity contribution in [1.29, 1.82) is 0 Å². The summed E-state index contributed by atoms with van der Waals surface area (Å²) >= 11 is 0. The molecule has 2 aliphatic heterocycles. The van der Waals surface area contributed by atoms with Gasteiger partial charge in [0, 0.05) is 67.8 Å². The maximum absolute atomic E-state index is 14.7. The number of nitrogens with one attached hydrogen (secondary N) is 11. The molecule has 4 aromatic rings. The number of fused-ring (bicyclic) bond motifs is 1. The van der Waals surface area contributed by atoms with Gasteiger partial charge in [0.15, 0.2) is 5.96 Å². The zero-order valence-electron chi connectivity index (χ0n) is 50.3. The standard InChI is InChI=1S/C59H83N17O13/c1-31(2)21-41(51(82)69-40(11-7-19-64-59(61)62)58(89)76-20-8-12-47(76)57(88)66-28-48(60)79)70-52(83)42(22-32(3)4)71-53(84)43(23-33-13-15-36(78)16-14-33)72-56(87)46(29-77)75-54(85)44(24-34-26-65-38-10-6-5-9-37(34)38)73-55(86)45(25-35-27-63-30-67-35)74-50(81)39-17-18-49(80)68-39/h5-6,9-10,13-16,26-27,30-32,39-47,65,77-78H,7-8,11-12,17-25,28-29H2,1-4H3,(H2,60,79)(H,63,67)(H,66,88)(H,68,80)(H,69,82)(H,70,83)(H,71,84)(H,72,87)(H,73,86)(H,74,81)(H,75,85)(H4,61,62,64)/t39-,40-,41-,42+,43-,44-,45-,46-,47-/m0/s1. The molecule has 2 aliphatic rings. The van der Waals surface area contributed by atoms with E-state index in [2.05, 4.69) is 67.8 Å². The van der Waals surface area contributed by atoms with Gasteiger partial charge in [-0.2, -0.15) is 0 Å². The molecule has 2 aromatic carbocycles. The highest BCUT2D eigenvalue weighted by atomic mass is 16.3. The molecule has 0 aliphatic carbocycles. The number of aromatic nitrogens is 3. The number of rotatable bonds is 33. The van der Waals surface area contributed by atoms with Gasteiger partial charge in [-0.25, -0.2) is 4.98 Å². The molecule has 2 fully saturated rings. The maximum atomic E-state index is 14.7. The number of aromatic hydroxyl groups is 1. The Morgan fingerprint density at radius 3 is 1.83 bits per heavy atom. The van der Waals surface area contributed by atoms with E-state index in [1.165, 1.54) is 41.7 Å². The minimum absolute atomic E-state index is 0.00989. The van der Waals surface area contributed by atoms with E-state index in [-0.39, 0.29) is 107 Å². The molecule has 89 heavy (non-hydrogen) atoms. The van der Waals surface area contributed by atoms with Crippen LogP contribution < -0.4 is 65.1 Å². The molecular weight excluding hydrogens is 1150 g/mol. The predicted molar refractivity (Wildman–Crippen MR) is 324 cm³/mol. The van der Waals surface area contributed by atoms with Crippen LogP contribution in [0.5, 0.6) is 5.75 Å². The number of aliphatic imine (C=N–C) groups is 1. The topological polar surface area (TPSA) is 475 Å². The summed E-state index contributed by atoms with van der Waals surface area (Å²) in [5, 5.41) is 45.4. The van der Waals surface area contributed by atoms with Crippen molar-refractivity contribution in [2.45, 2.75) is 153 Å². The number of aliphatic hydroxyl groups is 1. The molecule has 0 radical (unpaired) electrons. The van der Waals surface area contributed by atoms with E-state index in [9.17, 15) is 63.0 Å². The predicted octanol–water partition coefficient (Wildman–Crippen LogP) is -2.97. The second-order valence-electron chi connectivity index (χ2n) is 23.1. The molecule has 0 spiro atoms. The van der Waals surface area contributed by atoms with Gasteiger partial charge in [-0.05, 0) is 86.1 Å². The normalized spacial score (nSPS) is 17.0. The first-order valence-corrected chi connectivity index (χ1v) is 29.6. The van der Waals surface area contributed by atoms with Crippen LogP contribution in [0.1, 0.15) is 95.9 Å². The number of H-pyrrole nitrogens is 2. The monoisotopic (exact) mass is 1240 g/mol. The number of guanidine groups is 1. The van der Waals surface area contributed by atoms with Gasteiger partial charge in [0.05, 0.1) is 19.5 Å². The highest BCUT2D eigenvalue weighted by Gasteiger charge is 2.40. The van der Waals surface area contributed by atoms with E-state index in [1.807, 2.05) is 0 Å². The van der Waals surface area contributed by atoms with E-state index >= 15 is 0 Å². The minimum Gasteiger partial charge on any atom is -0.508 e. The van der Waals surface area contributed by atoms with Crippen molar-refractivity contribution >= 4 is 81.8 Å². The molecule has 9 atom stereocenters. The van der Waals surface area contributed by atoms with Crippen LogP contribution in [0.15, 0.2) is 72.2 Å². The molecule has 0 bridgehead atoms. The number of nitrogens with zero attached hydrogens (tertiary/aromatic N) is 3. The molecule has 4 heterocycles. The number of carbonyl (C=O) groups excluding carboxylic acids is 11. The number of carbonyl (C=O) groups is 11. The molecule has 2 saturated heterocycles. The first-order valence-electron chi connectivity index (χ1n) is 29.6. The SMILES string of the molecule is CC(C)C[C@H](NC(=O)[C@@H](CC(C)C)NC(=O)[C@H](Cc1ccc(O)cc1)NC(=O)[C@H](CO)NC(=O)[C@H](Cc1c[nH]c2ccccc12)NC(=O)[C@H](Cc1cnc[nH]1)NC(=O)[C@@H]1CCC(=O)N1)C(=O)N[C@@H](CCCN=C(N)N)C(=O)N1CCC[C@H]1C(=O)NCC(N)=O. The lowest BCUT2D eigenvalue weighted by atomic mass is 9.98. The number of aromatic amines is 2. The van der Waals surface area contributed by atoms with E-state index in [0.717, 1.165) is 0 Å². The van der Waals surface area contributed by atoms with Gasteiger partial charge in [-0.3, -0.25) is 57.7 Å². The fraction of sp³-hybridized carbons (Fsp3) is 0.508.